The van der Waals surface area contributed by atoms with Crippen molar-refractivity contribution in [2.24, 2.45) is 0 Å². The summed E-state index contributed by atoms with van der Waals surface area (Å²) < 4.78 is 0. The van der Waals surface area contributed by atoms with Gasteiger partial charge in [-0.3, -0.25) is 0 Å². The molecular weight excluding hydrogens is 258 g/mol. The molecule has 0 aliphatic rings. The molecule has 1 heterocycles. The largest absolute Gasteiger partial charge is 0.396 e. The summed E-state index contributed by atoms with van der Waals surface area (Å²) >= 11 is 1.73. The minimum Gasteiger partial charge on any atom is -0.396 e. The predicted molar refractivity (Wildman–Crippen MR) is 80.2 cm³/mol. The lowest BCUT2D eigenvalue weighted by molar-refractivity contribution is 0.271. The number of rotatable bonds is 8. The van der Waals surface area contributed by atoms with E-state index in [2.05, 4.69) is 29.2 Å². The number of nitrogens with zero attached hydrogens (tertiary/aromatic N) is 1. The van der Waals surface area contributed by atoms with Gasteiger partial charge in [0.1, 0.15) is 0 Å². The molecule has 0 atom stereocenters. The molecule has 2 N–H and O–H groups in total. The highest BCUT2D eigenvalue weighted by atomic mass is 32.1. The summed E-state index contributed by atoms with van der Waals surface area (Å²) in [5.41, 5.74) is 1.08. The highest BCUT2D eigenvalue weighted by molar-refractivity contribution is 7.10. The monoisotopic (exact) mass is 281 g/mol. The predicted octanol–water partition coefficient (Wildman–Crippen LogP) is 2.08. The summed E-state index contributed by atoms with van der Waals surface area (Å²) in [5.74, 6) is 6.09. The van der Waals surface area contributed by atoms with Crippen LogP contribution >= 0.6 is 11.3 Å². The molecule has 0 saturated carbocycles. The molecule has 0 fully saturated rings. The third kappa shape index (κ3) is 6.74. The fraction of sp³-hybridized carbons (Fsp3) is 0.600. The molecule has 0 aromatic carbocycles. The Morgan fingerprint density at radius 2 is 2.05 bits per heavy atom. The van der Waals surface area contributed by atoms with Crippen LogP contribution in [0.25, 0.3) is 0 Å². The number of unbranched alkanes of at least 4 members (excludes halogenated alkanes) is 2. The van der Waals surface area contributed by atoms with Crippen molar-refractivity contribution in [2.75, 3.05) is 26.8 Å². The van der Waals surface area contributed by atoms with Crippen LogP contribution in [0.1, 0.15) is 36.1 Å². The van der Waals surface area contributed by atoms with E-state index < -0.39 is 0 Å². The number of hydrogen-bond donors (Lipinski definition) is 2. The molecule has 0 unspecified atom stereocenters. The van der Waals surface area contributed by atoms with Crippen molar-refractivity contribution >= 4 is 11.3 Å². The molecule has 106 valence electrons. The Morgan fingerprint density at radius 3 is 2.79 bits per heavy atom. The maximum Gasteiger partial charge on any atom is 0.0540 e. The Balaban J connectivity index is 2.40. The molecule has 19 heavy (non-hydrogen) atoms. The average molecular weight is 281 g/mol. The van der Waals surface area contributed by atoms with E-state index in [0.717, 1.165) is 37.9 Å². The third-order valence-corrected chi connectivity index (χ3v) is 3.72. The maximum atomic E-state index is 8.73. The van der Waals surface area contributed by atoms with Gasteiger partial charge in [-0.1, -0.05) is 11.8 Å². The maximum absolute atomic E-state index is 8.73. The van der Waals surface area contributed by atoms with Gasteiger partial charge in [-0.2, -0.15) is 0 Å². The van der Waals surface area contributed by atoms with Crippen LogP contribution in [-0.2, 0) is 6.54 Å². The lowest BCUT2D eigenvalue weighted by Gasteiger charge is -2.15. The van der Waals surface area contributed by atoms with Crippen LogP contribution in [-0.4, -0.2) is 41.9 Å². The highest BCUT2D eigenvalue weighted by Gasteiger charge is 2.05. The summed E-state index contributed by atoms with van der Waals surface area (Å²) in [5, 5.41) is 19.5. The lowest BCUT2D eigenvalue weighted by Crippen LogP contribution is -2.19. The lowest BCUT2D eigenvalue weighted by atomic mass is 10.2. The summed E-state index contributed by atoms with van der Waals surface area (Å²) in [7, 11) is 2.11. The SMILES string of the molecule is CN(CCCCCO)Cc1sccc1C#CCCO. The van der Waals surface area contributed by atoms with Crippen molar-refractivity contribution in [3.63, 3.8) is 0 Å². The van der Waals surface area contributed by atoms with E-state index in [0.29, 0.717) is 13.0 Å². The van der Waals surface area contributed by atoms with E-state index >= 15 is 0 Å². The van der Waals surface area contributed by atoms with Crippen molar-refractivity contribution in [3.8, 4) is 11.8 Å². The molecule has 0 radical (unpaired) electrons. The molecule has 0 saturated heterocycles. The van der Waals surface area contributed by atoms with Crippen molar-refractivity contribution in [1.82, 2.24) is 4.90 Å². The van der Waals surface area contributed by atoms with Gasteiger partial charge in [-0.25, -0.2) is 0 Å². The van der Waals surface area contributed by atoms with Crippen molar-refractivity contribution < 1.29 is 10.2 Å². The van der Waals surface area contributed by atoms with Gasteiger partial charge in [0.2, 0.25) is 0 Å². The Bertz CT molecular complexity index is 406. The minimum atomic E-state index is 0.122. The molecule has 0 aliphatic carbocycles. The Kier molecular flexibility index (Phi) is 8.52. The van der Waals surface area contributed by atoms with Crippen molar-refractivity contribution in [3.05, 3.63) is 21.9 Å². The van der Waals surface area contributed by atoms with Gasteiger partial charge in [0.25, 0.3) is 0 Å². The van der Waals surface area contributed by atoms with Crippen LogP contribution in [0.3, 0.4) is 0 Å². The Labute approximate surface area is 119 Å². The van der Waals surface area contributed by atoms with Crippen molar-refractivity contribution in [2.45, 2.75) is 32.2 Å². The zero-order chi connectivity index (χ0) is 13.9. The van der Waals surface area contributed by atoms with E-state index in [1.807, 2.05) is 6.07 Å². The van der Waals surface area contributed by atoms with Crippen LogP contribution in [0, 0.1) is 11.8 Å². The Hall–Kier alpha value is -0.860. The zero-order valence-corrected chi connectivity index (χ0v) is 12.4. The van der Waals surface area contributed by atoms with E-state index in [4.69, 9.17) is 10.2 Å². The summed E-state index contributed by atoms with van der Waals surface area (Å²) in [6.07, 6.45) is 3.62. The van der Waals surface area contributed by atoms with Gasteiger partial charge >= 0.3 is 0 Å². The van der Waals surface area contributed by atoms with Crippen LogP contribution in [0.15, 0.2) is 11.4 Å². The van der Waals surface area contributed by atoms with Crippen LogP contribution in [0.2, 0.25) is 0 Å². The quantitative estimate of drug-likeness (QED) is 0.566. The van der Waals surface area contributed by atoms with Crippen LogP contribution in [0.5, 0.6) is 0 Å². The first kappa shape index (κ1) is 16.2. The van der Waals surface area contributed by atoms with Gasteiger partial charge in [-0.15, -0.1) is 11.3 Å². The average Bonchev–Trinajstić information content (AvgIpc) is 2.82. The molecule has 0 amide bonds. The first-order valence-electron chi connectivity index (χ1n) is 6.73. The highest BCUT2D eigenvalue weighted by Crippen LogP contribution is 2.17. The fourth-order valence-electron chi connectivity index (χ4n) is 1.78. The molecule has 1 rings (SSSR count). The van der Waals surface area contributed by atoms with E-state index in [9.17, 15) is 0 Å². The number of thiophene rings is 1. The van der Waals surface area contributed by atoms with Gasteiger partial charge in [0, 0.05) is 30.0 Å². The number of hydrogen-bond acceptors (Lipinski definition) is 4. The van der Waals surface area contributed by atoms with Gasteiger partial charge in [0.05, 0.1) is 6.61 Å². The first-order valence-corrected chi connectivity index (χ1v) is 7.61. The molecule has 0 spiro atoms. The minimum absolute atomic E-state index is 0.122. The van der Waals surface area contributed by atoms with Gasteiger partial charge in [-0.05, 0) is 44.3 Å². The molecule has 1 aromatic rings. The molecule has 4 heteroatoms. The summed E-state index contributed by atoms with van der Waals surface area (Å²) in [4.78, 5) is 3.58. The topological polar surface area (TPSA) is 43.7 Å². The molecule has 1 aromatic heterocycles. The second kappa shape index (κ2) is 9.99. The first-order chi connectivity index (χ1) is 9.27. The van der Waals surface area contributed by atoms with Crippen molar-refractivity contribution in [1.29, 1.82) is 0 Å². The number of aliphatic hydroxyl groups is 2. The van der Waals surface area contributed by atoms with Crippen LogP contribution in [0.4, 0.5) is 0 Å². The number of aliphatic hydroxyl groups excluding tert-OH is 2. The summed E-state index contributed by atoms with van der Waals surface area (Å²) in [6.45, 7) is 2.37. The smallest absolute Gasteiger partial charge is 0.0540 e. The molecule has 0 aliphatic heterocycles. The molecule has 3 nitrogen and oxygen atoms in total. The molecule has 0 bridgehead atoms. The third-order valence-electron chi connectivity index (χ3n) is 2.82. The zero-order valence-electron chi connectivity index (χ0n) is 11.6. The fourth-order valence-corrected chi connectivity index (χ4v) is 2.69. The summed E-state index contributed by atoms with van der Waals surface area (Å²) in [6, 6.07) is 2.05. The standard InChI is InChI=1S/C15H23NO2S/c1-16(9-4-2-5-10-17)13-15-14(8-12-19-15)7-3-6-11-18/h8,12,17-18H,2,4-6,9-11,13H2,1H3. The van der Waals surface area contributed by atoms with Crippen LogP contribution < -0.4 is 0 Å². The van der Waals surface area contributed by atoms with Gasteiger partial charge < -0.3 is 15.1 Å². The van der Waals surface area contributed by atoms with E-state index in [-0.39, 0.29) is 6.61 Å². The second-order valence-electron chi connectivity index (χ2n) is 4.55. The second-order valence-corrected chi connectivity index (χ2v) is 5.56. The molecular formula is C15H23NO2S. The normalized spacial score (nSPS) is 10.5. The van der Waals surface area contributed by atoms with Gasteiger partial charge in [0.15, 0.2) is 0 Å². The van der Waals surface area contributed by atoms with E-state index in [1.165, 1.54) is 4.88 Å². The van der Waals surface area contributed by atoms with E-state index in [1.54, 1.807) is 11.3 Å². The Morgan fingerprint density at radius 1 is 1.21 bits per heavy atom.